The van der Waals surface area contributed by atoms with Crippen LogP contribution in [0.15, 0.2) is 101 Å². The Hall–Kier alpha value is -2.42. The molecule has 0 aliphatic rings. The van der Waals surface area contributed by atoms with E-state index in [1.54, 1.807) is 0 Å². The van der Waals surface area contributed by atoms with E-state index in [9.17, 15) is 5.11 Å². The van der Waals surface area contributed by atoms with Gasteiger partial charge in [-0.1, -0.05) is 108 Å². The molecule has 44 heavy (non-hydrogen) atoms. The summed E-state index contributed by atoms with van der Waals surface area (Å²) in [5, 5.41) is 9.90. The van der Waals surface area contributed by atoms with Crippen LogP contribution in [0.25, 0.3) is 0 Å². The average molecular weight is 603 g/mol. The molecular formula is C42H66O2. The fraction of sp³-hybridized carbons (Fsp3) is 0.571. The monoisotopic (exact) mass is 603 g/mol. The third kappa shape index (κ3) is 22.1. The van der Waals surface area contributed by atoms with Gasteiger partial charge in [0.2, 0.25) is 0 Å². The number of ether oxygens (including phenoxy) is 1. The third-order valence-electron chi connectivity index (χ3n) is 8.53. The molecule has 0 aliphatic heterocycles. The van der Waals surface area contributed by atoms with Crippen LogP contribution in [-0.2, 0) is 11.3 Å². The highest BCUT2D eigenvalue weighted by atomic mass is 16.5. The van der Waals surface area contributed by atoms with Gasteiger partial charge in [0.1, 0.15) is 0 Å². The van der Waals surface area contributed by atoms with Crippen LogP contribution in [0.5, 0.6) is 0 Å². The Kier molecular flexibility index (Phi) is 22.4. The number of hydrogen-bond acceptors (Lipinski definition) is 2. The standard InChI is InChI=1S/C42H66O2/c1-34(2)42(43)30-29-39(7)25-15-23-37(5)21-13-19-35(3)17-12-18-36(4)20-14-22-38(6)24-16-26-40(8)31-32-44-33-41-27-10-9-11-28-41/h9-11,17,20-21,24-25,27-28,40,42-43H,1,12-16,18-19,22-23,26,29-33H2,2-8H3. The molecule has 0 spiro atoms. The van der Waals surface area contributed by atoms with E-state index in [0.717, 1.165) is 83.0 Å². The van der Waals surface area contributed by atoms with Gasteiger partial charge in [0.25, 0.3) is 0 Å². The van der Waals surface area contributed by atoms with Crippen LogP contribution in [0, 0.1) is 5.92 Å². The first-order chi connectivity index (χ1) is 21.1. The molecule has 0 aromatic heterocycles. The summed E-state index contributed by atoms with van der Waals surface area (Å²) in [7, 11) is 0. The highest BCUT2D eigenvalue weighted by Gasteiger charge is 2.04. The van der Waals surface area contributed by atoms with Gasteiger partial charge in [-0.05, 0) is 136 Å². The topological polar surface area (TPSA) is 29.5 Å². The summed E-state index contributed by atoms with van der Waals surface area (Å²) in [5.74, 6) is 0.699. The minimum Gasteiger partial charge on any atom is -0.389 e. The van der Waals surface area contributed by atoms with Crippen LogP contribution in [0.1, 0.15) is 138 Å². The van der Waals surface area contributed by atoms with Crippen molar-refractivity contribution >= 4 is 0 Å². The molecule has 0 aliphatic carbocycles. The fourth-order valence-corrected chi connectivity index (χ4v) is 5.11. The molecule has 0 radical (unpaired) electrons. The van der Waals surface area contributed by atoms with E-state index in [0.29, 0.717) is 5.92 Å². The van der Waals surface area contributed by atoms with Crippen molar-refractivity contribution in [2.75, 3.05) is 6.61 Å². The van der Waals surface area contributed by atoms with Gasteiger partial charge in [0, 0.05) is 6.61 Å². The Morgan fingerprint density at radius 2 is 1.07 bits per heavy atom. The molecule has 0 heterocycles. The summed E-state index contributed by atoms with van der Waals surface area (Å²) in [6, 6.07) is 10.4. The molecule has 0 saturated carbocycles. The first-order valence-electron chi connectivity index (χ1n) is 17.3. The molecule has 1 aromatic rings. The van der Waals surface area contributed by atoms with Crippen LogP contribution in [-0.4, -0.2) is 17.8 Å². The van der Waals surface area contributed by atoms with Crippen LogP contribution in [0.2, 0.25) is 0 Å². The lowest BCUT2D eigenvalue weighted by Crippen LogP contribution is -2.06. The number of benzene rings is 1. The molecule has 246 valence electrons. The van der Waals surface area contributed by atoms with Crippen molar-refractivity contribution in [2.45, 2.75) is 145 Å². The highest BCUT2D eigenvalue weighted by molar-refractivity contribution is 5.13. The van der Waals surface area contributed by atoms with Crippen LogP contribution in [0.3, 0.4) is 0 Å². The summed E-state index contributed by atoms with van der Waals surface area (Å²) < 4.78 is 5.86. The second-order valence-corrected chi connectivity index (χ2v) is 13.3. The van der Waals surface area contributed by atoms with Gasteiger partial charge in [-0.15, -0.1) is 0 Å². The summed E-state index contributed by atoms with van der Waals surface area (Å²) >= 11 is 0. The van der Waals surface area contributed by atoms with Crippen molar-refractivity contribution in [3.05, 3.63) is 106 Å². The van der Waals surface area contributed by atoms with Gasteiger partial charge in [-0.25, -0.2) is 0 Å². The second-order valence-electron chi connectivity index (χ2n) is 13.3. The molecule has 1 aromatic carbocycles. The quantitative estimate of drug-likeness (QED) is 0.0942. The summed E-state index contributed by atoms with van der Waals surface area (Å²) in [6.07, 6.45) is 26.0. The van der Waals surface area contributed by atoms with Gasteiger partial charge in [0.05, 0.1) is 12.7 Å². The van der Waals surface area contributed by atoms with Crippen LogP contribution >= 0.6 is 0 Å². The van der Waals surface area contributed by atoms with Gasteiger partial charge in [0.15, 0.2) is 0 Å². The van der Waals surface area contributed by atoms with E-state index in [-0.39, 0.29) is 6.10 Å². The maximum absolute atomic E-state index is 9.90. The van der Waals surface area contributed by atoms with E-state index >= 15 is 0 Å². The third-order valence-corrected chi connectivity index (χ3v) is 8.53. The van der Waals surface area contributed by atoms with Crippen molar-refractivity contribution in [1.29, 1.82) is 0 Å². The van der Waals surface area contributed by atoms with Gasteiger partial charge in [-0.2, -0.15) is 0 Å². The summed E-state index contributed by atoms with van der Waals surface area (Å²) in [4.78, 5) is 0. The summed E-state index contributed by atoms with van der Waals surface area (Å²) in [6.45, 7) is 20.9. The zero-order valence-electron chi connectivity index (χ0n) is 29.6. The van der Waals surface area contributed by atoms with Crippen molar-refractivity contribution in [3.63, 3.8) is 0 Å². The SMILES string of the molecule is C=C(C)C(O)CCC(C)=CCCC(C)=CCCC(C)=CCCC(C)=CCCC(C)=CCCC(C)CCOCc1ccccc1. The highest BCUT2D eigenvalue weighted by Crippen LogP contribution is 2.18. The van der Waals surface area contributed by atoms with Crippen molar-refractivity contribution in [3.8, 4) is 0 Å². The predicted molar refractivity (Wildman–Crippen MR) is 195 cm³/mol. The molecule has 1 N–H and O–H groups in total. The Morgan fingerprint density at radius 3 is 1.52 bits per heavy atom. The Morgan fingerprint density at radius 1 is 0.636 bits per heavy atom. The van der Waals surface area contributed by atoms with Crippen molar-refractivity contribution in [1.82, 2.24) is 0 Å². The number of aliphatic hydroxyl groups is 1. The fourth-order valence-electron chi connectivity index (χ4n) is 5.11. The zero-order chi connectivity index (χ0) is 32.6. The molecule has 2 heteroatoms. The van der Waals surface area contributed by atoms with Gasteiger partial charge in [-0.3, -0.25) is 0 Å². The lowest BCUT2D eigenvalue weighted by atomic mass is 10.00. The lowest BCUT2D eigenvalue weighted by molar-refractivity contribution is 0.108. The predicted octanol–water partition coefficient (Wildman–Crippen LogP) is 12.6. The van der Waals surface area contributed by atoms with Crippen molar-refractivity contribution in [2.24, 2.45) is 5.92 Å². The first kappa shape index (κ1) is 39.6. The van der Waals surface area contributed by atoms with Gasteiger partial charge >= 0.3 is 0 Å². The van der Waals surface area contributed by atoms with Crippen LogP contribution < -0.4 is 0 Å². The molecule has 0 fully saturated rings. The van der Waals surface area contributed by atoms with E-state index in [2.05, 4.69) is 103 Å². The summed E-state index contributed by atoms with van der Waals surface area (Å²) in [5.41, 5.74) is 9.49. The van der Waals surface area contributed by atoms with Gasteiger partial charge < -0.3 is 9.84 Å². The van der Waals surface area contributed by atoms with E-state index in [4.69, 9.17) is 4.74 Å². The minimum absolute atomic E-state index is 0.375. The molecule has 2 nitrogen and oxygen atoms in total. The lowest BCUT2D eigenvalue weighted by Gasteiger charge is -2.11. The molecule has 2 atom stereocenters. The van der Waals surface area contributed by atoms with E-state index in [1.165, 1.54) is 52.7 Å². The molecule has 1 rings (SSSR count). The molecular weight excluding hydrogens is 536 g/mol. The molecule has 0 bridgehead atoms. The zero-order valence-corrected chi connectivity index (χ0v) is 29.6. The average Bonchev–Trinajstić information content (AvgIpc) is 2.98. The maximum Gasteiger partial charge on any atom is 0.0747 e. The Labute approximate surface area is 272 Å². The van der Waals surface area contributed by atoms with E-state index < -0.39 is 0 Å². The Balaban J connectivity index is 2.16. The molecule has 0 saturated heterocycles. The second kappa shape index (κ2) is 24.8. The maximum atomic E-state index is 9.90. The number of allylic oxidation sites excluding steroid dienone is 10. The number of rotatable bonds is 24. The van der Waals surface area contributed by atoms with Crippen LogP contribution in [0.4, 0.5) is 0 Å². The normalized spacial score (nSPS) is 15.0. The minimum atomic E-state index is -0.375. The number of hydrogen-bond donors (Lipinski definition) is 1. The molecule has 0 amide bonds. The largest absolute Gasteiger partial charge is 0.389 e. The Bertz CT molecular complexity index is 1070. The van der Waals surface area contributed by atoms with Crippen molar-refractivity contribution < 1.29 is 9.84 Å². The molecule has 2 unspecified atom stereocenters. The smallest absolute Gasteiger partial charge is 0.0747 e. The number of aliphatic hydroxyl groups excluding tert-OH is 1. The first-order valence-corrected chi connectivity index (χ1v) is 17.3. The van der Waals surface area contributed by atoms with E-state index in [1.807, 2.05) is 13.0 Å².